The van der Waals surface area contributed by atoms with E-state index in [-0.39, 0.29) is 4.83 Å². The number of hydrogen-bond acceptors (Lipinski definition) is 4. The Kier molecular flexibility index (Phi) is 7.52. The van der Waals surface area contributed by atoms with E-state index in [9.17, 15) is 0 Å². The molecule has 2 aromatic heterocycles. The summed E-state index contributed by atoms with van der Waals surface area (Å²) in [4.78, 5) is 17.3. The molecule has 150 valence electrons. The number of aryl methyl sites for hydroxylation is 1. The second-order valence-electron chi connectivity index (χ2n) is 6.05. The first kappa shape index (κ1) is 22.4. The molecule has 0 aliphatic heterocycles. The highest BCUT2D eigenvalue weighted by atomic mass is 79.9. The van der Waals surface area contributed by atoms with Crippen molar-refractivity contribution in [2.24, 2.45) is 0 Å². The number of para-hydroxylation sites is 2. The van der Waals surface area contributed by atoms with Gasteiger partial charge in [0.2, 0.25) is 0 Å². The Morgan fingerprint density at radius 3 is 1.83 bits per heavy atom. The van der Waals surface area contributed by atoms with Crippen LogP contribution in [0.25, 0.3) is 22.1 Å². The summed E-state index contributed by atoms with van der Waals surface area (Å²) in [5, 5.41) is 1.98. The summed E-state index contributed by atoms with van der Waals surface area (Å²) in [6.45, 7) is 3.94. The van der Waals surface area contributed by atoms with Crippen molar-refractivity contribution in [1.82, 2.24) is 19.9 Å². The maximum atomic E-state index is 6.01. The summed E-state index contributed by atoms with van der Waals surface area (Å²) in [6.07, 6.45) is 0.772. The molecule has 2 heterocycles. The van der Waals surface area contributed by atoms with Crippen molar-refractivity contribution < 1.29 is 0 Å². The Morgan fingerprint density at radius 2 is 1.31 bits per heavy atom. The number of benzene rings is 2. The van der Waals surface area contributed by atoms with Crippen molar-refractivity contribution >= 4 is 84.4 Å². The van der Waals surface area contributed by atoms with Crippen molar-refractivity contribution in [2.75, 3.05) is 0 Å². The van der Waals surface area contributed by atoms with Crippen molar-refractivity contribution in [3.8, 4) is 0 Å². The molecule has 4 aromatic rings. The van der Waals surface area contributed by atoms with Gasteiger partial charge in [-0.25, -0.2) is 19.9 Å². The minimum Gasteiger partial charge on any atom is -0.248 e. The zero-order valence-electron chi connectivity index (χ0n) is 15.4. The molecular weight excluding hydrogens is 518 g/mol. The molecule has 0 aliphatic carbocycles. The van der Waals surface area contributed by atoms with E-state index in [0.717, 1.165) is 28.8 Å². The molecule has 0 radical (unpaired) electrons. The molecule has 29 heavy (non-hydrogen) atoms. The van der Waals surface area contributed by atoms with E-state index in [4.69, 9.17) is 46.4 Å². The highest BCUT2D eigenvalue weighted by molar-refractivity contribution is 9.09. The van der Waals surface area contributed by atoms with Crippen LogP contribution in [0.4, 0.5) is 0 Å². The first-order valence-corrected chi connectivity index (χ1v) is 11.1. The lowest BCUT2D eigenvalue weighted by molar-refractivity contribution is 1.02. The lowest BCUT2D eigenvalue weighted by atomic mass is 10.2. The number of rotatable bonds is 2. The molecule has 0 spiro atoms. The minimum atomic E-state index is 0.0703. The number of nitrogens with zero attached hydrogens (tertiary/aromatic N) is 4. The molecule has 9 heteroatoms. The molecular formula is C20H15BrCl4N4. The number of aromatic nitrogens is 4. The van der Waals surface area contributed by atoms with Crippen LogP contribution in [0, 0.1) is 0 Å². The maximum Gasteiger partial charge on any atom is 0.152 e. The van der Waals surface area contributed by atoms with E-state index in [1.165, 1.54) is 0 Å². The summed E-state index contributed by atoms with van der Waals surface area (Å²) in [7, 11) is 0. The number of alkyl halides is 1. The van der Waals surface area contributed by atoms with E-state index in [1.54, 1.807) is 12.1 Å². The largest absolute Gasteiger partial charge is 0.248 e. The van der Waals surface area contributed by atoms with Crippen LogP contribution in [0.2, 0.25) is 20.4 Å². The standard InChI is InChI=1S/C10H7BrCl2N2.C10H8Cl2N2/c1-5(11)8-10(13)15-9-6(12)3-2-4-7(9)14-8;1-2-7-10(12)14-9-6(11)4-3-5-8(9)13-7/h2-5H,1H3;3-5H,2H2,1H3. The molecule has 0 bridgehead atoms. The van der Waals surface area contributed by atoms with E-state index >= 15 is 0 Å². The molecule has 0 saturated carbocycles. The van der Waals surface area contributed by atoms with Crippen LogP contribution in [0.1, 0.15) is 30.1 Å². The number of halogens is 5. The molecule has 1 unspecified atom stereocenters. The van der Waals surface area contributed by atoms with Crippen LogP contribution in [-0.2, 0) is 6.42 Å². The van der Waals surface area contributed by atoms with E-state index < -0.39 is 0 Å². The van der Waals surface area contributed by atoms with Gasteiger partial charge < -0.3 is 0 Å². The van der Waals surface area contributed by atoms with Crippen molar-refractivity contribution in [1.29, 1.82) is 0 Å². The van der Waals surface area contributed by atoms with Crippen LogP contribution in [0.5, 0.6) is 0 Å². The van der Waals surface area contributed by atoms with E-state index in [0.29, 0.717) is 31.4 Å². The van der Waals surface area contributed by atoms with Gasteiger partial charge in [0.05, 0.1) is 37.3 Å². The van der Waals surface area contributed by atoms with Gasteiger partial charge in [0.25, 0.3) is 0 Å². The van der Waals surface area contributed by atoms with Gasteiger partial charge in [-0.15, -0.1) is 0 Å². The molecule has 0 aliphatic rings. The van der Waals surface area contributed by atoms with Gasteiger partial charge in [0.15, 0.2) is 10.3 Å². The van der Waals surface area contributed by atoms with E-state index in [1.807, 2.05) is 38.1 Å². The second kappa shape index (κ2) is 9.71. The van der Waals surface area contributed by atoms with Crippen molar-refractivity contribution in [3.05, 3.63) is 68.1 Å². The van der Waals surface area contributed by atoms with Crippen LogP contribution in [-0.4, -0.2) is 19.9 Å². The quantitative estimate of drug-likeness (QED) is 0.246. The molecule has 0 N–H and O–H groups in total. The van der Waals surface area contributed by atoms with Gasteiger partial charge in [-0.3, -0.25) is 0 Å². The van der Waals surface area contributed by atoms with Crippen LogP contribution in [0.3, 0.4) is 0 Å². The van der Waals surface area contributed by atoms with E-state index in [2.05, 4.69) is 35.9 Å². The van der Waals surface area contributed by atoms with Crippen molar-refractivity contribution in [3.63, 3.8) is 0 Å². The third-order valence-corrected chi connectivity index (χ3v) is 5.63. The van der Waals surface area contributed by atoms with Crippen LogP contribution >= 0.6 is 62.3 Å². The molecule has 4 rings (SSSR count). The summed E-state index contributed by atoms with van der Waals surface area (Å²) >= 11 is 27.3. The van der Waals surface area contributed by atoms with Crippen LogP contribution < -0.4 is 0 Å². The molecule has 4 nitrogen and oxygen atoms in total. The zero-order chi connectivity index (χ0) is 21.1. The van der Waals surface area contributed by atoms with Gasteiger partial charge in [-0.2, -0.15) is 0 Å². The smallest absolute Gasteiger partial charge is 0.152 e. The fraction of sp³-hybridized carbons (Fsp3) is 0.200. The zero-order valence-corrected chi connectivity index (χ0v) is 20.0. The summed E-state index contributed by atoms with van der Waals surface area (Å²) in [5.74, 6) is 0. The Morgan fingerprint density at radius 1 is 0.793 bits per heavy atom. The second-order valence-corrected chi connectivity index (χ2v) is 8.95. The molecule has 0 amide bonds. The minimum absolute atomic E-state index is 0.0703. The molecule has 1 atom stereocenters. The fourth-order valence-electron chi connectivity index (χ4n) is 2.57. The third-order valence-electron chi connectivity index (χ3n) is 4.01. The molecule has 0 fully saturated rings. The highest BCUT2D eigenvalue weighted by Gasteiger charge is 2.12. The average Bonchev–Trinajstić information content (AvgIpc) is 2.69. The predicted octanol–water partition coefficient (Wildman–Crippen LogP) is 7.89. The Hall–Kier alpha value is -1.24. The van der Waals surface area contributed by atoms with Gasteiger partial charge >= 0.3 is 0 Å². The Labute approximate surface area is 196 Å². The van der Waals surface area contributed by atoms with Gasteiger partial charge in [0, 0.05) is 0 Å². The third kappa shape index (κ3) is 5.09. The average molecular weight is 533 g/mol. The first-order valence-electron chi connectivity index (χ1n) is 8.68. The van der Waals surface area contributed by atoms with Gasteiger partial charge in [-0.1, -0.05) is 81.4 Å². The summed E-state index contributed by atoms with van der Waals surface area (Å²) < 4.78 is 0. The number of fused-ring (bicyclic) bond motifs is 2. The summed E-state index contributed by atoms with van der Waals surface area (Å²) in [6, 6.07) is 11.0. The fourth-order valence-corrected chi connectivity index (χ4v) is 4.00. The lowest BCUT2D eigenvalue weighted by Gasteiger charge is -2.07. The first-order chi connectivity index (χ1) is 13.8. The monoisotopic (exact) mass is 530 g/mol. The van der Waals surface area contributed by atoms with Gasteiger partial charge in [-0.05, 0) is 37.6 Å². The maximum absolute atomic E-state index is 6.01. The Balaban J connectivity index is 0.000000166. The van der Waals surface area contributed by atoms with Gasteiger partial charge in [0.1, 0.15) is 11.0 Å². The topological polar surface area (TPSA) is 51.6 Å². The van der Waals surface area contributed by atoms with Crippen molar-refractivity contribution in [2.45, 2.75) is 25.1 Å². The lowest BCUT2D eigenvalue weighted by Crippen LogP contribution is -1.96. The molecule has 2 aromatic carbocycles. The summed E-state index contributed by atoms with van der Waals surface area (Å²) in [5.41, 5.74) is 4.39. The number of hydrogen-bond donors (Lipinski definition) is 0. The Bertz CT molecular complexity index is 1180. The predicted molar refractivity (Wildman–Crippen MR) is 126 cm³/mol. The SMILES string of the molecule is CC(Br)c1nc2cccc(Cl)c2nc1Cl.CCc1nc2cccc(Cl)c2nc1Cl. The van der Waals surface area contributed by atoms with Crippen LogP contribution in [0.15, 0.2) is 36.4 Å². The molecule has 0 saturated heterocycles. The highest BCUT2D eigenvalue weighted by Crippen LogP contribution is 2.29. The normalized spacial score (nSPS) is 12.0.